The molecule has 2 aliphatic heterocycles. The van der Waals surface area contributed by atoms with Gasteiger partial charge in [0.15, 0.2) is 0 Å². The Hall–Kier alpha value is -2.70. The van der Waals surface area contributed by atoms with E-state index >= 15 is 0 Å². The number of benzene rings is 1. The number of rotatable bonds is 2. The molecule has 24 heavy (non-hydrogen) atoms. The minimum absolute atomic E-state index is 0.0297. The quantitative estimate of drug-likeness (QED) is 0.909. The molecule has 7 nitrogen and oxygen atoms in total. The number of hydrogen-bond acceptors (Lipinski definition) is 4. The second-order valence-corrected chi connectivity index (χ2v) is 6.35. The summed E-state index contributed by atoms with van der Waals surface area (Å²) in [6.45, 7) is 1.34. The minimum atomic E-state index is -0.399. The van der Waals surface area contributed by atoms with E-state index in [0.29, 0.717) is 6.54 Å². The molecule has 1 fully saturated rings. The average Bonchev–Trinajstić information content (AvgIpc) is 3.15. The van der Waals surface area contributed by atoms with Crippen molar-refractivity contribution >= 4 is 17.5 Å². The molecule has 0 aliphatic carbocycles. The molecule has 0 spiro atoms. The molecule has 0 bridgehead atoms. The third-order valence-electron chi connectivity index (χ3n) is 4.82. The van der Waals surface area contributed by atoms with Crippen LogP contribution in [0.5, 0.6) is 0 Å². The first kappa shape index (κ1) is 14.9. The highest BCUT2D eigenvalue weighted by Crippen LogP contribution is 2.34. The Kier molecular flexibility index (Phi) is 3.76. The normalized spacial score (nSPS) is 23.5. The van der Waals surface area contributed by atoms with Crippen LogP contribution in [-0.4, -0.2) is 44.6 Å². The molecule has 7 heteroatoms. The Labute approximate surface area is 139 Å². The summed E-state index contributed by atoms with van der Waals surface area (Å²) in [5.41, 5.74) is 1.65. The van der Waals surface area contributed by atoms with Crippen LogP contribution >= 0.6 is 0 Å². The van der Waals surface area contributed by atoms with E-state index in [-0.39, 0.29) is 24.3 Å². The standard InChI is InChI=1S/C17H19N5O2/c23-16-8-14(13-5-1-2-6-15(13)20-16)17(24)21-7-3-4-12(9-21)22-11-18-10-19-22/h1-2,5-6,10-12,14H,3-4,7-9H2,(H,20,23)/t12-,14+/m0/s1. The predicted octanol–water partition coefficient (Wildman–Crippen LogP) is 1.57. The van der Waals surface area contributed by atoms with Crippen molar-refractivity contribution in [1.29, 1.82) is 0 Å². The molecule has 0 unspecified atom stereocenters. The van der Waals surface area contributed by atoms with E-state index in [1.54, 1.807) is 6.33 Å². The molecule has 2 aromatic rings. The van der Waals surface area contributed by atoms with Gasteiger partial charge >= 0.3 is 0 Å². The van der Waals surface area contributed by atoms with Crippen molar-refractivity contribution in [1.82, 2.24) is 19.7 Å². The monoisotopic (exact) mass is 325 g/mol. The fraction of sp³-hybridized carbons (Fsp3) is 0.412. The summed E-state index contributed by atoms with van der Waals surface area (Å²) in [4.78, 5) is 30.9. The van der Waals surface area contributed by atoms with Crippen LogP contribution in [0.25, 0.3) is 0 Å². The Morgan fingerprint density at radius 3 is 3.00 bits per heavy atom. The summed E-state index contributed by atoms with van der Waals surface area (Å²) in [6, 6.07) is 7.70. The summed E-state index contributed by atoms with van der Waals surface area (Å²) in [5.74, 6) is -0.469. The van der Waals surface area contributed by atoms with Crippen LogP contribution in [0.15, 0.2) is 36.9 Å². The third kappa shape index (κ3) is 2.66. The molecule has 1 N–H and O–H groups in total. The number of nitrogens with one attached hydrogen (secondary N) is 1. The van der Waals surface area contributed by atoms with E-state index in [0.717, 1.165) is 30.6 Å². The fourth-order valence-electron chi connectivity index (χ4n) is 3.63. The van der Waals surface area contributed by atoms with Crippen LogP contribution in [0.4, 0.5) is 5.69 Å². The van der Waals surface area contributed by atoms with Crippen molar-refractivity contribution in [2.45, 2.75) is 31.2 Å². The molecule has 124 valence electrons. The van der Waals surface area contributed by atoms with Crippen molar-refractivity contribution in [2.75, 3.05) is 18.4 Å². The Balaban J connectivity index is 1.56. The number of hydrogen-bond donors (Lipinski definition) is 1. The summed E-state index contributed by atoms with van der Waals surface area (Å²) < 4.78 is 1.82. The number of likely N-dealkylation sites (tertiary alicyclic amines) is 1. The number of fused-ring (bicyclic) bond motifs is 1. The maximum atomic E-state index is 13.1. The molecule has 1 aromatic heterocycles. The molecule has 2 atom stereocenters. The highest BCUT2D eigenvalue weighted by Gasteiger charge is 2.35. The first-order valence-electron chi connectivity index (χ1n) is 8.24. The maximum absolute atomic E-state index is 13.1. The minimum Gasteiger partial charge on any atom is -0.340 e. The molecular weight excluding hydrogens is 306 g/mol. The molecule has 0 radical (unpaired) electrons. The van der Waals surface area contributed by atoms with Gasteiger partial charge in [0.2, 0.25) is 11.8 Å². The topological polar surface area (TPSA) is 80.1 Å². The molecule has 2 amide bonds. The Bertz CT molecular complexity index is 758. The van der Waals surface area contributed by atoms with Crippen LogP contribution in [0.1, 0.15) is 36.8 Å². The van der Waals surface area contributed by atoms with Gasteiger partial charge in [-0.15, -0.1) is 0 Å². The summed E-state index contributed by atoms with van der Waals surface area (Å²) in [7, 11) is 0. The van der Waals surface area contributed by atoms with Crippen LogP contribution in [0.2, 0.25) is 0 Å². The first-order valence-corrected chi connectivity index (χ1v) is 8.24. The molecule has 3 heterocycles. The SMILES string of the molecule is O=C1C[C@@H](C(=O)N2CCC[C@H](n3cncn3)C2)c2ccccc2N1. The molecule has 1 saturated heterocycles. The highest BCUT2D eigenvalue weighted by atomic mass is 16.2. The third-order valence-corrected chi connectivity index (χ3v) is 4.82. The lowest BCUT2D eigenvalue weighted by molar-refractivity contribution is -0.136. The number of anilines is 1. The number of aromatic nitrogens is 3. The van der Waals surface area contributed by atoms with Gasteiger partial charge in [0.25, 0.3) is 0 Å². The van der Waals surface area contributed by atoms with Crippen molar-refractivity contribution in [3.05, 3.63) is 42.5 Å². The molecule has 0 saturated carbocycles. The van der Waals surface area contributed by atoms with Crippen LogP contribution < -0.4 is 5.32 Å². The Morgan fingerprint density at radius 1 is 1.29 bits per heavy atom. The number of para-hydroxylation sites is 1. The second kappa shape index (κ2) is 6.07. The van der Waals surface area contributed by atoms with Gasteiger partial charge in [-0.3, -0.25) is 9.59 Å². The van der Waals surface area contributed by atoms with Gasteiger partial charge in [-0.05, 0) is 24.5 Å². The van der Waals surface area contributed by atoms with Gasteiger partial charge in [-0.1, -0.05) is 18.2 Å². The maximum Gasteiger partial charge on any atom is 0.230 e. The predicted molar refractivity (Wildman–Crippen MR) is 87.3 cm³/mol. The van der Waals surface area contributed by atoms with Gasteiger partial charge in [0, 0.05) is 25.2 Å². The van der Waals surface area contributed by atoms with Crippen LogP contribution in [-0.2, 0) is 9.59 Å². The highest BCUT2D eigenvalue weighted by molar-refractivity contribution is 6.01. The zero-order chi connectivity index (χ0) is 16.5. The van der Waals surface area contributed by atoms with E-state index in [4.69, 9.17) is 0 Å². The summed E-state index contributed by atoms with van der Waals surface area (Å²) >= 11 is 0. The molecule has 2 aliphatic rings. The number of piperidine rings is 1. The van der Waals surface area contributed by atoms with Crippen molar-refractivity contribution in [2.24, 2.45) is 0 Å². The van der Waals surface area contributed by atoms with Crippen LogP contribution in [0.3, 0.4) is 0 Å². The van der Waals surface area contributed by atoms with Gasteiger partial charge in [0.05, 0.1) is 12.0 Å². The van der Waals surface area contributed by atoms with Gasteiger partial charge in [-0.25, -0.2) is 9.67 Å². The van der Waals surface area contributed by atoms with E-state index in [9.17, 15) is 9.59 Å². The van der Waals surface area contributed by atoms with E-state index in [2.05, 4.69) is 15.4 Å². The number of nitrogens with zero attached hydrogens (tertiary/aromatic N) is 4. The lowest BCUT2D eigenvalue weighted by Crippen LogP contribution is -2.44. The van der Waals surface area contributed by atoms with Crippen molar-refractivity contribution < 1.29 is 9.59 Å². The smallest absolute Gasteiger partial charge is 0.230 e. The van der Waals surface area contributed by atoms with E-state index in [1.807, 2.05) is 33.8 Å². The van der Waals surface area contributed by atoms with E-state index < -0.39 is 5.92 Å². The number of carbonyl (C=O) groups is 2. The van der Waals surface area contributed by atoms with Crippen molar-refractivity contribution in [3.63, 3.8) is 0 Å². The van der Waals surface area contributed by atoms with Gasteiger partial charge in [0.1, 0.15) is 12.7 Å². The zero-order valence-corrected chi connectivity index (χ0v) is 13.3. The van der Waals surface area contributed by atoms with Gasteiger partial charge in [-0.2, -0.15) is 5.10 Å². The first-order chi connectivity index (χ1) is 11.7. The van der Waals surface area contributed by atoms with Gasteiger partial charge < -0.3 is 10.2 Å². The molecular formula is C17H19N5O2. The lowest BCUT2D eigenvalue weighted by atomic mass is 9.88. The molecule has 1 aromatic carbocycles. The fourth-order valence-corrected chi connectivity index (χ4v) is 3.63. The number of carbonyl (C=O) groups excluding carboxylic acids is 2. The largest absolute Gasteiger partial charge is 0.340 e. The number of amides is 2. The average molecular weight is 325 g/mol. The zero-order valence-electron chi connectivity index (χ0n) is 13.3. The van der Waals surface area contributed by atoms with E-state index in [1.165, 1.54) is 6.33 Å². The van der Waals surface area contributed by atoms with Crippen molar-refractivity contribution in [3.8, 4) is 0 Å². The summed E-state index contributed by atoms with van der Waals surface area (Å²) in [6.07, 6.45) is 5.33. The summed E-state index contributed by atoms with van der Waals surface area (Å²) in [5, 5.41) is 7.04. The second-order valence-electron chi connectivity index (χ2n) is 6.35. The lowest BCUT2D eigenvalue weighted by Gasteiger charge is -2.36. The van der Waals surface area contributed by atoms with Crippen LogP contribution in [0, 0.1) is 0 Å². The Morgan fingerprint density at radius 2 is 2.17 bits per heavy atom. The molecule has 4 rings (SSSR count).